The zero-order chi connectivity index (χ0) is 34.4. The predicted molar refractivity (Wildman–Crippen MR) is 165 cm³/mol. The number of nitrogens with one attached hydrogen (secondary N) is 3. The molecule has 1 aliphatic heterocycles. The average molecular weight is 675 g/mol. The fraction of sp³-hybridized carbons (Fsp3) is 0.750. The Bertz CT molecular complexity index is 1410. The number of aliphatic hydroxyl groups is 2. The number of aromatic amines is 1. The van der Waals surface area contributed by atoms with Gasteiger partial charge in [-0.05, 0) is 45.4 Å². The van der Waals surface area contributed by atoms with Crippen LogP contribution in [0.1, 0.15) is 67.5 Å². The largest absolute Gasteiger partial charge is 0.479 e. The van der Waals surface area contributed by atoms with E-state index in [1.807, 2.05) is 27.7 Å². The third kappa shape index (κ3) is 8.91. The first kappa shape index (κ1) is 37.5. The average Bonchev–Trinajstić information content (AvgIpc) is 3.47. The second-order valence-electron chi connectivity index (χ2n) is 12.1. The third-order valence-electron chi connectivity index (χ3n) is 7.25. The van der Waals surface area contributed by atoms with Crippen LogP contribution in [0.25, 0.3) is 11.2 Å². The predicted octanol–water partition coefficient (Wildman–Crippen LogP) is 1.40. The van der Waals surface area contributed by atoms with Crippen LogP contribution in [0.5, 0.6) is 5.88 Å². The second kappa shape index (κ2) is 15.8. The van der Waals surface area contributed by atoms with Crippen molar-refractivity contribution < 1.29 is 47.8 Å². The fourth-order valence-corrected chi connectivity index (χ4v) is 6.97. The maximum atomic E-state index is 14.5. The number of imidazole rings is 1. The number of nitrogens with zero attached hydrogens (tertiary/aromatic N) is 3. The summed E-state index contributed by atoms with van der Waals surface area (Å²) in [4.78, 5) is 48.4. The molecule has 1 saturated heterocycles. The van der Waals surface area contributed by atoms with E-state index in [9.17, 15) is 29.2 Å². The second-order valence-corrected chi connectivity index (χ2v) is 13.9. The highest BCUT2D eigenvalue weighted by molar-refractivity contribution is 7.54. The topological polar surface area (TPSA) is 225 Å². The smallest absolute Gasteiger partial charge is 0.349 e. The monoisotopic (exact) mass is 674 g/mol. The number of esters is 2. The first-order chi connectivity index (χ1) is 21.6. The Morgan fingerprint density at radius 1 is 1.11 bits per heavy atom. The Morgan fingerprint density at radius 3 is 2.13 bits per heavy atom. The lowest BCUT2D eigenvalue weighted by Gasteiger charge is -2.30. The lowest BCUT2D eigenvalue weighted by molar-refractivity contribution is -0.146. The summed E-state index contributed by atoms with van der Waals surface area (Å²) in [5, 5.41) is 28.0. The molecule has 46 heavy (non-hydrogen) atoms. The highest BCUT2D eigenvalue weighted by Crippen LogP contribution is 2.44. The highest BCUT2D eigenvalue weighted by Gasteiger charge is 2.54. The first-order valence-electron chi connectivity index (χ1n) is 15.3. The minimum atomic E-state index is -4.32. The van der Waals surface area contributed by atoms with Crippen molar-refractivity contribution in [3.63, 3.8) is 0 Å². The van der Waals surface area contributed by atoms with E-state index in [2.05, 4.69) is 25.1 Å². The standard InChI is InChI=1S/C28H47N6O11P/c1-9-42-24(36)17(11-15(3)4)32-46(40,33-18(12-16(5)6)25(37)43-10-2)44-13-19-21(35)28(7,39)26(45-19)34-14-29-20-22(34)30-27(38)31-23(20)41-8/h14-19,21,26,35,39H,9-13H2,1-8H3,(H,30,31,38)(H2,32,33,40)/t17-,18-,19+,21+,26+,28+/m0/s1. The van der Waals surface area contributed by atoms with E-state index in [1.54, 1.807) is 13.8 Å². The maximum absolute atomic E-state index is 14.5. The number of carbonyl (C=O) groups excluding carboxylic acids is 2. The molecule has 0 amide bonds. The summed E-state index contributed by atoms with van der Waals surface area (Å²) >= 11 is 0. The third-order valence-corrected chi connectivity index (χ3v) is 9.07. The molecule has 5 N–H and O–H groups in total. The van der Waals surface area contributed by atoms with Crippen LogP contribution >= 0.6 is 7.67 Å². The summed E-state index contributed by atoms with van der Waals surface area (Å²) in [6.07, 6.45) is -2.43. The first-order valence-corrected chi connectivity index (χ1v) is 16.9. The minimum absolute atomic E-state index is 0.0204. The van der Waals surface area contributed by atoms with Gasteiger partial charge in [0.2, 0.25) is 5.88 Å². The molecular weight excluding hydrogens is 627 g/mol. The maximum Gasteiger partial charge on any atom is 0.349 e. The lowest BCUT2D eigenvalue weighted by atomic mass is 9.96. The number of aliphatic hydroxyl groups excluding tert-OH is 1. The molecule has 0 unspecified atom stereocenters. The summed E-state index contributed by atoms with van der Waals surface area (Å²) in [6, 6.07) is -2.16. The van der Waals surface area contributed by atoms with Crippen LogP contribution in [0, 0.1) is 11.8 Å². The molecule has 18 heteroatoms. The molecule has 260 valence electrons. The number of ether oxygens (including phenoxy) is 4. The van der Waals surface area contributed by atoms with Gasteiger partial charge >= 0.3 is 25.3 Å². The molecule has 0 saturated carbocycles. The van der Waals surface area contributed by atoms with E-state index in [4.69, 9.17) is 23.5 Å². The van der Waals surface area contributed by atoms with E-state index < -0.39 is 68.0 Å². The highest BCUT2D eigenvalue weighted by atomic mass is 31.2. The number of aromatic nitrogens is 4. The van der Waals surface area contributed by atoms with Gasteiger partial charge in [0.25, 0.3) is 0 Å². The van der Waals surface area contributed by atoms with E-state index >= 15 is 0 Å². The molecule has 3 rings (SSSR count). The van der Waals surface area contributed by atoms with Crippen molar-refractivity contribution in [1.29, 1.82) is 0 Å². The normalized spacial score (nSPS) is 23.2. The number of H-pyrrole nitrogens is 1. The number of methoxy groups -OCH3 is 1. The van der Waals surface area contributed by atoms with Gasteiger partial charge in [0.05, 0.1) is 33.3 Å². The van der Waals surface area contributed by atoms with Crippen LogP contribution in [-0.2, 0) is 32.9 Å². The molecule has 0 aliphatic carbocycles. The summed E-state index contributed by atoms with van der Waals surface area (Å²) in [5.41, 5.74) is -2.41. The molecule has 1 aliphatic rings. The fourth-order valence-electron chi connectivity index (χ4n) is 5.15. The van der Waals surface area contributed by atoms with Crippen LogP contribution in [0.15, 0.2) is 11.1 Å². The van der Waals surface area contributed by atoms with Crippen LogP contribution < -0.4 is 20.6 Å². The van der Waals surface area contributed by atoms with E-state index in [0.717, 1.165) is 0 Å². The van der Waals surface area contributed by atoms with Gasteiger partial charge in [0.15, 0.2) is 11.7 Å². The van der Waals surface area contributed by atoms with Crippen molar-refractivity contribution >= 4 is 30.8 Å². The van der Waals surface area contributed by atoms with Gasteiger partial charge in [-0.1, -0.05) is 27.7 Å². The molecule has 6 atom stereocenters. The summed E-state index contributed by atoms with van der Waals surface area (Å²) in [7, 11) is -3.00. The van der Waals surface area contributed by atoms with Crippen LogP contribution in [0.3, 0.4) is 0 Å². The number of hydrogen-bond acceptors (Lipinski definition) is 13. The molecule has 0 spiro atoms. The Morgan fingerprint density at radius 2 is 1.65 bits per heavy atom. The van der Waals surface area contributed by atoms with Crippen LogP contribution in [-0.4, -0.2) is 98.5 Å². The van der Waals surface area contributed by atoms with Gasteiger partial charge in [0.1, 0.15) is 35.5 Å². The van der Waals surface area contributed by atoms with Gasteiger partial charge in [-0.2, -0.15) is 4.98 Å². The zero-order valence-corrected chi connectivity index (χ0v) is 28.4. The molecule has 0 radical (unpaired) electrons. The Hall–Kier alpha value is -2.92. The van der Waals surface area contributed by atoms with E-state index in [-0.39, 0.29) is 54.9 Å². The quantitative estimate of drug-likeness (QED) is 0.118. The Labute approximate surface area is 267 Å². The Kier molecular flexibility index (Phi) is 12.9. The van der Waals surface area contributed by atoms with Gasteiger partial charge in [-0.3, -0.25) is 23.7 Å². The Balaban J connectivity index is 1.95. The van der Waals surface area contributed by atoms with Gasteiger partial charge < -0.3 is 33.7 Å². The van der Waals surface area contributed by atoms with E-state index in [1.165, 1.54) is 24.9 Å². The molecule has 2 aromatic heterocycles. The van der Waals surface area contributed by atoms with Crippen molar-refractivity contribution in [3.8, 4) is 5.88 Å². The van der Waals surface area contributed by atoms with Crippen molar-refractivity contribution in [2.24, 2.45) is 11.8 Å². The van der Waals surface area contributed by atoms with Crippen molar-refractivity contribution in [2.75, 3.05) is 26.9 Å². The van der Waals surface area contributed by atoms with Crippen molar-refractivity contribution in [1.82, 2.24) is 29.7 Å². The molecular formula is C28H47N6O11P. The summed E-state index contributed by atoms with van der Waals surface area (Å²) in [6.45, 7) is 11.7. The minimum Gasteiger partial charge on any atom is -0.479 e. The molecule has 1 fully saturated rings. The van der Waals surface area contributed by atoms with Gasteiger partial charge in [-0.25, -0.2) is 20.0 Å². The van der Waals surface area contributed by atoms with E-state index in [0.29, 0.717) is 0 Å². The molecule has 0 aromatic carbocycles. The van der Waals surface area contributed by atoms with Crippen LogP contribution in [0.4, 0.5) is 0 Å². The SMILES string of the molecule is CCOC(=O)[C@H](CC(C)C)NP(=O)(N[C@@H](CC(C)C)C(=O)OCC)OC[C@H]1O[C@@H](n2cnc3c(OC)nc(=O)[nH]c32)[C@](C)(O)[C@@H]1O. The number of fused-ring (bicyclic) bond motifs is 1. The molecule has 3 heterocycles. The summed E-state index contributed by atoms with van der Waals surface area (Å²) in [5.74, 6) is -1.42. The van der Waals surface area contributed by atoms with Crippen molar-refractivity contribution in [3.05, 3.63) is 16.8 Å². The number of rotatable bonds is 17. The molecule has 2 aromatic rings. The molecule has 17 nitrogen and oxygen atoms in total. The van der Waals surface area contributed by atoms with Gasteiger partial charge in [0, 0.05) is 0 Å². The summed E-state index contributed by atoms with van der Waals surface area (Å²) < 4.78 is 43.2. The zero-order valence-electron chi connectivity index (χ0n) is 27.5. The number of carbonyl (C=O) groups is 2. The number of hydrogen-bond donors (Lipinski definition) is 5. The van der Waals surface area contributed by atoms with Gasteiger partial charge in [-0.15, -0.1) is 0 Å². The van der Waals surface area contributed by atoms with Crippen molar-refractivity contribution in [2.45, 2.75) is 97.4 Å². The van der Waals surface area contributed by atoms with Crippen LogP contribution in [0.2, 0.25) is 0 Å². The molecule has 0 bridgehead atoms. The lowest BCUT2D eigenvalue weighted by Crippen LogP contribution is -2.47.